The quantitative estimate of drug-likeness (QED) is 0.129. The standard InChI is InChI=1S/C50H44N2O4/c1-55-43-25-23-31-13-3-7-17-37(31)45(43)47-39-19-9-5-15-33(39)27-35(49(47)53)29-51-41-21-11-12-22-42(41)52-30-36-28-34-16-6-10-20-40(34)48(50(36)54)46-38-18-8-4-14-32(38)24-26-44(46)56-2/h3-10,13-20,23-29,41-42,52-54H,11-12,21-22,30H2,1-2H3/b51-29+/t41-,42-/m1/s1. The van der Waals surface area contributed by atoms with Crippen LogP contribution in [0, 0.1) is 0 Å². The highest BCUT2D eigenvalue weighted by Crippen LogP contribution is 2.48. The Morgan fingerprint density at radius 2 is 1.05 bits per heavy atom. The molecule has 1 fully saturated rings. The minimum atomic E-state index is -0.00890. The van der Waals surface area contributed by atoms with Gasteiger partial charge in [0, 0.05) is 52.2 Å². The summed E-state index contributed by atoms with van der Waals surface area (Å²) in [5, 5.41) is 36.2. The summed E-state index contributed by atoms with van der Waals surface area (Å²) >= 11 is 0. The van der Waals surface area contributed by atoms with Gasteiger partial charge in [0.15, 0.2) is 0 Å². The van der Waals surface area contributed by atoms with Crippen LogP contribution in [0.15, 0.2) is 138 Å². The molecule has 0 aliphatic heterocycles. The van der Waals surface area contributed by atoms with Crippen LogP contribution in [0.3, 0.4) is 0 Å². The van der Waals surface area contributed by atoms with Crippen LogP contribution in [0.5, 0.6) is 23.0 Å². The van der Waals surface area contributed by atoms with Gasteiger partial charge in [-0.3, -0.25) is 4.99 Å². The van der Waals surface area contributed by atoms with E-state index in [-0.39, 0.29) is 23.6 Å². The van der Waals surface area contributed by atoms with Gasteiger partial charge in [0.2, 0.25) is 0 Å². The van der Waals surface area contributed by atoms with Crippen molar-refractivity contribution in [3.8, 4) is 45.3 Å². The number of nitrogens with one attached hydrogen (secondary N) is 1. The molecule has 1 aliphatic rings. The minimum absolute atomic E-state index is 0.00890. The maximum absolute atomic E-state index is 12.1. The van der Waals surface area contributed by atoms with E-state index in [0.717, 1.165) is 102 Å². The Balaban J connectivity index is 1.07. The number of rotatable bonds is 9. The molecule has 278 valence electrons. The van der Waals surface area contributed by atoms with Crippen molar-refractivity contribution in [1.82, 2.24) is 5.32 Å². The second kappa shape index (κ2) is 15.0. The van der Waals surface area contributed by atoms with Crippen molar-refractivity contribution < 1.29 is 19.7 Å². The SMILES string of the molecule is COc1ccc2ccccc2c1-c1c(O)c(/C=N/[C@@H]2CCCC[C@H]2NCc2cc3ccccc3c(-c3c(OC)ccc4ccccc34)c2O)cc2ccccc12. The number of hydrogen-bond acceptors (Lipinski definition) is 6. The van der Waals surface area contributed by atoms with Crippen molar-refractivity contribution in [2.24, 2.45) is 4.99 Å². The molecule has 0 unspecified atom stereocenters. The number of hydrogen-bond donors (Lipinski definition) is 3. The summed E-state index contributed by atoms with van der Waals surface area (Å²) in [6.07, 6.45) is 5.91. The zero-order chi connectivity index (χ0) is 38.2. The predicted molar refractivity (Wildman–Crippen MR) is 231 cm³/mol. The van der Waals surface area contributed by atoms with Crippen LogP contribution in [-0.4, -0.2) is 42.7 Å². The molecule has 6 heteroatoms. The number of benzene rings is 8. The maximum atomic E-state index is 12.1. The first-order valence-electron chi connectivity index (χ1n) is 19.4. The van der Waals surface area contributed by atoms with E-state index in [2.05, 4.69) is 72.0 Å². The van der Waals surface area contributed by atoms with Crippen molar-refractivity contribution in [2.75, 3.05) is 14.2 Å². The van der Waals surface area contributed by atoms with Gasteiger partial charge in [-0.2, -0.15) is 0 Å². The van der Waals surface area contributed by atoms with Gasteiger partial charge >= 0.3 is 0 Å². The molecule has 1 aliphatic carbocycles. The molecular formula is C50H44N2O4. The minimum Gasteiger partial charge on any atom is -0.507 e. The predicted octanol–water partition coefficient (Wildman–Crippen LogP) is 11.6. The molecule has 0 bridgehead atoms. The smallest absolute Gasteiger partial charge is 0.132 e. The third-order valence-corrected chi connectivity index (χ3v) is 11.6. The summed E-state index contributed by atoms with van der Waals surface area (Å²) < 4.78 is 11.8. The van der Waals surface area contributed by atoms with Crippen LogP contribution in [0.1, 0.15) is 36.8 Å². The van der Waals surface area contributed by atoms with Crippen LogP contribution in [-0.2, 0) is 6.54 Å². The van der Waals surface area contributed by atoms with Crippen LogP contribution in [0.4, 0.5) is 0 Å². The lowest BCUT2D eigenvalue weighted by Gasteiger charge is -2.30. The first kappa shape index (κ1) is 35.3. The highest BCUT2D eigenvalue weighted by Gasteiger charge is 2.26. The summed E-state index contributed by atoms with van der Waals surface area (Å²) in [6, 6.07) is 45.1. The van der Waals surface area contributed by atoms with Crippen molar-refractivity contribution >= 4 is 49.3 Å². The number of fused-ring (bicyclic) bond motifs is 4. The highest BCUT2D eigenvalue weighted by atomic mass is 16.5. The maximum Gasteiger partial charge on any atom is 0.132 e. The van der Waals surface area contributed by atoms with E-state index in [4.69, 9.17) is 14.5 Å². The van der Waals surface area contributed by atoms with E-state index >= 15 is 0 Å². The molecule has 0 radical (unpaired) electrons. The third kappa shape index (κ3) is 6.26. The van der Waals surface area contributed by atoms with Gasteiger partial charge in [0.25, 0.3) is 0 Å². The van der Waals surface area contributed by atoms with Crippen LogP contribution in [0.25, 0.3) is 65.3 Å². The van der Waals surface area contributed by atoms with E-state index in [1.807, 2.05) is 72.9 Å². The molecule has 8 aromatic rings. The number of phenolic OH excluding ortho intramolecular Hbond substituents is 2. The van der Waals surface area contributed by atoms with Crippen LogP contribution in [0.2, 0.25) is 0 Å². The van der Waals surface area contributed by atoms with Gasteiger partial charge in [-0.25, -0.2) is 0 Å². The van der Waals surface area contributed by atoms with Gasteiger partial charge < -0.3 is 25.0 Å². The molecule has 0 saturated heterocycles. The largest absolute Gasteiger partial charge is 0.507 e. The summed E-state index contributed by atoms with van der Waals surface area (Å²) in [6.45, 7) is 0.472. The molecule has 0 amide bonds. The molecule has 2 atom stereocenters. The second-order valence-corrected chi connectivity index (χ2v) is 14.7. The number of phenols is 2. The zero-order valence-electron chi connectivity index (χ0n) is 31.6. The molecule has 56 heavy (non-hydrogen) atoms. The van der Waals surface area contributed by atoms with Crippen LogP contribution >= 0.6 is 0 Å². The van der Waals surface area contributed by atoms with Gasteiger partial charge in [-0.15, -0.1) is 0 Å². The van der Waals surface area contributed by atoms with Crippen molar-refractivity contribution in [2.45, 2.75) is 44.3 Å². The first-order valence-corrected chi connectivity index (χ1v) is 19.4. The van der Waals surface area contributed by atoms with E-state index in [0.29, 0.717) is 17.9 Å². The number of ether oxygens (including phenoxy) is 2. The van der Waals surface area contributed by atoms with E-state index in [1.54, 1.807) is 14.2 Å². The van der Waals surface area contributed by atoms with Gasteiger partial charge in [-0.1, -0.05) is 122 Å². The Morgan fingerprint density at radius 1 is 0.571 bits per heavy atom. The fourth-order valence-electron chi connectivity index (χ4n) is 8.80. The number of nitrogens with zero attached hydrogens (tertiary/aromatic N) is 1. The Morgan fingerprint density at radius 3 is 1.62 bits per heavy atom. The van der Waals surface area contributed by atoms with Gasteiger partial charge in [0.05, 0.1) is 20.3 Å². The molecule has 9 rings (SSSR count). The molecule has 0 heterocycles. The summed E-state index contributed by atoms with van der Waals surface area (Å²) in [5.74, 6) is 1.85. The molecule has 1 saturated carbocycles. The van der Waals surface area contributed by atoms with Crippen molar-refractivity contribution in [1.29, 1.82) is 0 Å². The second-order valence-electron chi connectivity index (χ2n) is 14.7. The zero-order valence-corrected chi connectivity index (χ0v) is 31.6. The summed E-state index contributed by atoms with van der Waals surface area (Å²) in [4.78, 5) is 5.19. The average molecular weight is 737 g/mol. The molecule has 3 N–H and O–H groups in total. The van der Waals surface area contributed by atoms with E-state index in [1.165, 1.54) is 0 Å². The number of aromatic hydroxyl groups is 2. The molecular weight excluding hydrogens is 693 g/mol. The monoisotopic (exact) mass is 736 g/mol. The lowest BCUT2D eigenvalue weighted by molar-refractivity contribution is 0.327. The fraction of sp³-hybridized carbons (Fsp3) is 0.180. The Labute approximate surface area is 326 Å². The highest BCUT2D eigenvalue weighted by molar-refractivity contribution is 6.13. The van der Waals surface area contributed by atoms with Crippen molar-refractivity contribution in [3.05, 3.63) is 145 Å². The Hall–Kier alpha value is -6.37. The van der Waals surface area contributed by atoms with Gasteiger partial charge in [-0.05, 0) is 80.2 Å². The lowest BCUT2D eigenvalue weighted by Crippen LogP contribution is -2.40. The number of methoxy groups -OCH3 is 2. The van der Waals surface area contributed by atoms with Crippen molar-refractivity contribution in [3.63, 3.8) is 0 Å². The number of aliphatic imine (C=N–C) groups is 1. The molecule has 0 spiro atoms. The normalized spacial score (nSPS) is 16.0. The average Bonchev–Trinajstić information content (AvgIpc) is 3.25. The molecule has 8 aromatic carbocycles. The fourth-order valence-corrected chi connectivity index (χ4v) is 8.80. The first-order chi connectivity index (χ1) is 27.5. The topological polar surface area (TPSA) is 83.3 Å². The summed E-state index contributed by atoms with van der Waals surface area (Å²) in [5.41, 5.74) is 4.75. The van der Waals surface area contributed by atoms with Gasteiger partial charge in [0.1, 0.15) is 23.0 Å². The Kier molecular flexibility index (Phi) is 9.49. The lowest BCUT2D eigenvalue weighted by atomic mass is 9.89. The summed E-state index contributed by atoms with van der Waals surface area (Å²) in [7, 11) is 3.36. The van der Waals surface area contributed by atoms with Crippen LogP contribution < -0.4 is 14.8 Å². The molecule has 6 nitrogen and oxygen atoms in total. The third-order valence-electron chi connectivity index (χ3n) is 11.6. The van der Waals surface area contributed by atoms with E-state index in [9.17, 15) is 10.2 Å². The van der Waals surface area contributed by atoms with E-state index < -0.39 is 0 Å². The molecule has 0 aromatic heterocycles. The Bertz CT molecular complexity index is 2790.